The van der Waals surface area contributed by atoms with Crippen LogP contribution in [0, 0.1) is 0 Å². The van der Waals surface area contributed by atoms with E-state index in [1.54, 1.807) is 24.0 Å². The number of fused-ring (bicyclic) bond motifs is 4. The zero-order chi connectivity index (χ0) is 22.1. The van der Waals surface area contributed by atoms with Crippen molar-refractivity contribution in [2.75, 3.05) is 12.0 Å². The number of halogens is 1. The van der Waals surface area contributed by atoms with Gasteiger partial charge < -0.3 is 20.4 Å². The molecular formula is C22H22ClN7O2. The van der Waals surface area contributed by atoms with Crippen LogP contribution in [0.1, 0.15) is 19.3 Å². The van der Waals surface area contributed by atoms with Gasteiger partial charge in [-0.2, -0.15) is 4.98 Å². The number of hydrogen-bond donors (Lipinski definition) is 2. The molecule has 2 aliphatic rings. The predicted octanol–water partition coefficient (Wildman–Crippen LogP) is 2.60. The first-order chi connectivity index (χ1) is 15.5. The summed E-state index contributed by atoms with van der Waals surface area (Å²) in [6.07, 6.45) is 6.37. The molecule has 2 fully saturated rings. The summed E-state index contributed by atoms with van der Waals surface area (Å²) in [6.45, 7) is 0. The second-order valence-corrected chi connectivity index (χ2v) is 8.89. The summed E-state index contributed by atoms with van der Waals surface area (Å²) in [5.74, 6) is 1.03. The van der Waals surface area contributed by atoms with Gasteiger partial charge in [-0.1, -0.05) is 17.7 Å². The van der Waals surface area contributed by atoms with Gasteiger partial charge in [-0.25, -0.2) is 9.97 Å². The smallest absolute Gasteiger partial charge is 0.264 e. The van der Waals surface area contributed by atoms with Crippen LogP contribution in [0.5, 0.6) is 5.88 Å². The molecule has 4 aromatic rings. The lowest BCUT2D eigenvalue weighted by molar-refractivity contribution is 0.397. The summed E-state index contributed by atoms with van der Waals surface area (Å²) in [7, 11) is 3.29. The highest BCUT2D eigenvalue weighted by Gasteiger charge is 2.46. The molecule has 1 aromatic carbocycles. The van der Waals surface area contributed by atoms with Crippen LogP contribution in [0.2, 0.25) is 5.02 Å². The number of nitrogens with zero attached hydrogens (tertiary/aromatic N) is 5. The van der Waals surface area contributed by atoms with E-state index in [9.17, 15) is 4.79 Å². The lowest BCUT2D eigenvalue weighted by atomic mass is 9.97. The predicted molar refractivity (Wildman–Crippen MR) is 123 cm³/mol. The number of nitrogens with two attached hydrogens (primary N) is 1. The number of rotatable bonds is 3. The van der Waals surface area contributed by atoms with Crippen molar-refractivity contribution >= 4 is 39.6 Å². The van der Waals surface area contributed by atoms with Crippen molar-refractivity contribution in [3.8, 4) is 17.0 Å². The van der Waals surface area contributed by atoms with Crippen molar-refractivity contribution < 1.29 is 4.74 Å². The van der Waals surface area contributed by atoms with Crippen LogP contribution in [-0.4, -0.2) is 49.7 Å². The molecule has 32 heavy (non-hydrogen) atoms. The molecule has 0 aliphatic carbocycles. The Morgan fingerprint density at radius 3 is 2.81 bits per heavy atom. The van der Waals surface area contributed by atoms with Gasteiger partial charge in [0.05, 0.1) is 29.2 Å². The zero-order valence-corrected chi connectivity index (χ0v) is 18.4. The zero-order valence-electron chi connectivity index (χ0n) is 17.7. The first-order valence-electron chi connectivity index (χ1n) is 10.6. The third kappa shape index (κ3) is 2.61. The van der Waals surface area contributed by atoms with Crippen molar-refractivity contribution in [2.45, 2.75) is 37.4 Å². The van der Waals surface area contributed by atoms with Gasteiger partial charge in [0, 0.05) is 42.5 Å². The SMILES string of the molecule is COc1cnc2ccc(-c3c[nH]c4nc(N5C6CC[C@H]5C[C@H]6N)n(C)c(=O)c34)c(Cl)c2n1. The fourth-order valence-electron chi connectivity index (χ4n) is 5.28. The summed E-state index contributed by atoms with van der Waals surface area (Å²) in [4.78, 5) is 32.5. The number of benzene rings is 1. The van der Waals surface area contributed by atoms with Crippen LogP contribution in [0.15, 0.2) is 29.3 Å². The maximum absolute atomic E-state index is 13.5. The van der Waals surface area contributed by atoms with Gasteiger partial charge in [-0.05, 0) is 25.3 Å². The van der Waals surface area contributed by atoms with Crippen LogP contribution in [-0.2, 0) is 7.05 Å². The Labute approximate surface area is 188 Å². The number of anilines is 1. The Bertz CT molecular complexity index is 1450. The molecule has 0 spiro atoms. The van der Waals surface area contributed by atoms with E-state index in [1.165, 1.54) is 7.11 Å². The van der Waals surface area contributed by atoms with Gasteiger partial charge >= 0.3 is 0 Å². The molecule has 164 valence electrons. The highest BCUT2D eigenvalue weighted by Crippen LogP contribution is 2.40. The second-order valence-electron chi connectivity index (χ2n) is 8.51. The molecule has 2 saturated heterocycles. The minimum Gasteiger partial charge on any atom is -0.480 e. The number of ether oxygens (including phenoxy) is 1. The number of aromatic amines is 1. The Morgan fingerprint density at radius 2 is 2.09 bits per heavy atom. The maximum atomic E-state index is 13.5. The minimum absolute atomic E-state index is 0.120. The van der Waals surface area contributed by atoms with Gasteiger partial charge in [0.2, 0.25) is 11.8 Å². The second kappa shape index (κ2) is 6.91. The van der Waals surface area contributed by atoms with E-state index in [4.69, 9.17) is 27.1 Å². The summed E-state index contributed by atoms with van der Waals surface area (Å²) in [5.41, 5.74) is 9.24. The Kier molecular flexibility index (Phi) is 4.22. The van der Waals surface area contributed by atoms with E-state index in [0.717, 1.165) is 19.3 Å². The molecule has 5 heterocycles. The van der Waals surface area contributed by atoms with E-state index in [2.05, 4.69) is 19.9 Å². The fourth-order valence-corrected chi connectivity index (χ4v) is 5.58. The largest absolute Gasteiger partial charge is 0.480 e. The third-order valence-corrected chi connectivity index (χ3v) is 7.22. The molecule has 3 N–H and O–H groups in total. The molecule has 0 amide bonds. The summed E-state index contributed by atoms with van der Waals surface area (Å²) >= 11 is 6.73. The number of hydrogen-bond acceptors (Lipinski definition) is 7. The molecule has 9 nitrogen and oxygen atoms in total. The van der Waals surface area contributed by atoms with Crippen LogP contribution in [0.25, 0.3) is 33.2 Å². The molecule has 1 unspecified atom stereocenters. The van der Waals surface area contributed by atoms with Crippen molar-refractivity contribution in [3.05, 3.63) is 39.9 Å². The van der Waals surface area contributed by atoms with Crippen LogP contribution < -0.4 is 20.9 Å². The maximum Gasteiger partial charge on any atom is 0.264 e. The summed E-state index contributed by atoms with van der Waals surface area (Å²) < 4.78 is 6.82. The van der Waals surface area contributed by atoms with Crippen molar-refractivity contribution in [1.29, 1.82) is 0 Å². The Hall–Kier alpha value is -3.17. The van der Waals surface area contributed by atoms with E-state index < -0.39 is 0 Å². The van der Waals surface area contributed by atoms with Crippen LogP contribution in [0.4, 0.5) is 5.95 Å². The van der Waals surface area contributed by atoms with Crippen molar-refractivity contribution in [1.82, 2.24) is 24.5 Å². The topological polar surface area (TPSA) is 115 Å². The van der Waals surface area contributed by atoms with E-state index in [-0.39, 0.29) is 17.6 Å². The lowest BCUT2D eigenvalue weighted by Gasteiger charge is -2.25. The molecule has 0 radical (unpaired) electrons. The van der Waals surface area contributed by atoms with Gasteiger partial charge in [0.15, 0.2) is 0 Å². The third-order valence-electron chi connectivity index (χ3n) is 6.84. The van der Waals surface area contributed by atoms with Gasteiger partial charge in [-0.15, -0.1) is 0 Å². The normalized spacial score (nSPS) is 22.4. The van der Waals surface area contributed by atoms with E-state index in [0.29, 0.717) is 56.1 Å². The monoisotopic (exact) mass is 451 g/mol. The molecule has 2 bridgehead atoms. The number of aromatic nitrogens is 5. The molecular weight excluding hydrogens is 430 g/mol. The average molecular weight is 452 g/mol. The van der Waals surface area contributed by atoms with Crippen molar-refractivity contribution in [3.63, 3.8) is 0 Å². The fraction of sp³-hybridized carbons (Fsp3) is 0.364. The molecule has 10 heteroatoms. The number of nitrogens with one attached hydrogen (secondary N) is 1. The quantitative estimate of drug-likeness (QED) is 0.492. The molecule has 3 aromatic heterocycles. The Balaban J connectivity index is 1.53. The summed E-state index contributed by atoms with van der Waals surface area (Å²) in [6, 6.07) is 4.37. The minimum atomic E-state index is -0.131. The van der Waals surface area contributed by atoms with Gasteiger partial charge in [-0.3, -0.25) is 9.36 Å². The van der Waals surface area contributed by atoms with E-state index in [1.807, 2.05) is 12.1 Å². The first-order valence-corrected chi connectivity index (χ1v) is 11.0. The highest BCUT2D eigenvalue weighted by molar-refractivity contribution is 6.38. The van der Waals surface area contributed by atoms with Crippen LogP contribution >= 0.6 is 11.6 Å². The number of H-pyrrole nitrogens is 1. The van der Waals surface area contributed by atoms with Gasteiger partial charge in [0.25, 0.3) is 5.56 Å². The lowest BCUT2D eigenvalue weighted by Crippen LogP contribution is -2.40. The van der Waals surface area contributed by atoms with Crippen molar-refractivity contribution in [2.24, 2.45) is 12.8 Å². The standard InChI is InChI=1S/C22H22ClN7O2/c1-29-21(31)17-12(11-4-5-14-19(18(11)23)27-16(32-2)9-25-14)8-26-20(17)28-22(29)30-10-3-6-15(30)13(24)7-10/h4-5,8-10,13,15,26H,3,6-7,24H2,1-2H3/t10-,13+,15?/m0/s1. The average Bonchev–Trinajstić information content (AvgIpc) is 3.48. The highest BCUT2D eigenvalue weighted by atomic mass is 35.5. The Morgan fingerprint density at radius 1 is 1.25 bits per heavy atom. The number of methoxy groups -OCH3 is 1. The first kappa shape index (κ1) is 19.5. The molecule has 0 saturated carbocycles. The molecule has 3 atom stereocenters. The summed E-state index contributed by atoms with van der Waals surface area (Å²) in [5, 5.41) is 0.897. The molecule has 2 aliphatic heterocycles. The van der Waals surface area contributed by atoms with Crippen LogP contribution in [0.3, 0.4) is 0 Å². The van der Waals surface area contributed by atoms with E-state index >= 15 is 0 Å². The molecule has 6 rings (SSSR count). The van der Waals surface area contributed by atoms with Gasteiger partial charge in [0.1, 0.15) is 11.2 Å².